The van der Waals surface area contributed by atoms with Crippen molar-refractivity contribution in [3.8, 4) is 5.75 Å². The number of anilines is 2. The van der Waals surface area contributed by atoms with Crippen molar-refractivity contribution < 1.29 is 9.84 Å². The fourth-order valence-corrected chi connectivity index (χ4v) is 1.84. The quantitative estimate of drug-likeness (QED) is 0.659. The number of nitrogens with two attached hydrogens (primary N) is 1. The highest BCUT2D eigenvalue weighted by molar-refractivity contribution is 5.59. The smallest absolute Gasteiger partial charge is 0.123 e. The van der Waals surface area contributed by atoms with Crippen LogP contribution in [0.2, 0.25) is 0 Å². The van der Waals surface area contributed by atoms with Crippen LogP contribution in [-0.4, -0.2) is 24.4 Å². The Labute approximate surface area is 102 Å². The van der Waals surface area contributed by atoms with Gasteiger partial charge in [0.2, 0.25) is 0 Å². The first kappa shape index (κ1) is 12.0. The van der Waals surface area contributed by atoms with Crippen LogP contribution >= 0.6 is 0 Å². The van der Waals surface area contributed by atoms with Crippen molar-refractivity contribution in [1.29, 1.82) is 0 Å². The average Bonchev–Trinajstić information content (AvgIpc) is 3.09. The summed E-state index contributed by atoms with van der Waals surface area (Å²) in [5.74, 6) is 1.24. The molecule has 1 aromatic rings. The van der Waals surface area contributed by atoms with Gasteiger partial charge in [0.05, 0.1) is 12.7 Å². The van der Waals surface area contributed by atoms with E-state index in [-0.39, 0.29) is 6.10 Å². The summed E-state index contributed by atoms with van der Waals surface area (Å²) >= 11 is 0. The SMILES string of the molecule is CCOc1cc(N)cc(NCC(O)C2CC2)c1. The Morgan fingerprint density at radius 2 is 2.24 bits per heavy atom. The van der Waals surface area contributed by atoms with Gasteiger partial charge in [-0.25, -0.2) is 0 Å². The summed E-state index contributed by atoms with van der Waals surface area (Å²) in [6.07, 6.45) is 2.03. The molecular weight excluding hydrogens is 216 g/mol. The highest BCUT2D eigenvalue weighted by Gasteiger charge is 2.29. The van der Waals surface area contributed by atoms with Crippen molar-refractivity contribution in [3.63, 3.8) is 0 Å². The van der Waals surface area contributed by atoms with Gasteiger partial charge < -0.3 is 20.9 Å². The van der Waals surface area contributed by atoms with Gasteiger partial charge in [-0.3, -0.25) is 0 Å². The van der Waals surface area contributed by atoms with Crippen molar-refractivity contribution >= 4 is 11.4 Å². The second kappa shape index (κ2) is 5.27. The molecule has 1 aromatic carbocycles. The van der Waals surface area contributed by atoms with E-state index < -0.39 is 0 Å². The summed E-state index contributed by atoms with van der Waals surface area (Å²) < 4.78 is 5.41. The molecule has 4 N–H and O–H groups in total. The Kier molecular flexibility index (Phi) is 3.74. The number of benzene rings is 1. The number of nitrogens with one attached hydrogen (secondary N) is 1. The van der Waals surface area contributed by atoms with Crippen molar-refractivity contribution in [2.75, 3.05) is 24.2 Å². The molecule has 1 unspecified atom stereocenters. The third-order valence-electron chi connectivity index (χ3n) is 2.92. The van der Waals surface area contributed by atoms with Gasteiger partial charge in [0, 0.05) is 30.1 Å². The zero-order valence-corrected chi connectivity index (χ0v) is 10.1. The van der Waals surface area contributed by atoms with Gasteiger partial charge in [-0.05, 0) is 31.7 Å². The van der Waals surface area contributed by atoms with Crippen LogP contribution in [0, 0.1) is 5.92 Å². The van der Waals surface area contributed by atoms with Crippen LogP contribution in [0.1, 0.15) is 19.8 Å². The lowest BCUT2D eigenvalue weighted by atomic mass is 10.2. The van der Waals surface area contributed by atoms with Crippen LogP contribution in [0.3, 0.4) is 0 Å². The fraction of sp³-hybridized carbons (Fsp3) is 0.538. The van der Waals surface area contributed by atoms with Gasteiger partial charge in [0.1, 0.15) is 5.75 Å². The largest absolute Gasteiger partial charge is 0.494 e. The number of hydrogen-bond donors (Lipinski definition) is 3. The van der Waals surface area contributed by atoms with E-state index in [0.29, 0.717) is 24.8 Å². The molecule has 0 amide bonds. The maximum absolute atomic E-state index is 9.77. The maximum Gasteiger partial charge on any atom is 0.123 e. The van der Waals surface area contributed by atoms with E-state index in [4.69, 9.17) is 10.5 Å². The minimum atomic E-state index is -0.257. The Bertz CT molecular complexity index is 378. The molecule has 1 aliphatic rings. The van der Waals surface area contributed by atoms with E-state index in [2.05, 4.69) is 5.32 Å². The van der Waals surface area contributed by atoms with Gasteiger partial charge >= 0.3 is 0 Å². The predicted molar refractivity (Wildman–Crippen MR) is 69.2 cm³/mol. The summed E-state index contributed by atoms with van der Waals surface area (Å²) in [4.78, 5) is 0. The maximum atomic E-state index is 9.77. The molecule has 0 saturated heterocycles. The topological polar surface area (TPSA) is 67.5 Å². The monoisotopic (exact) mass is 236 g/mol. The molecule has 0 heterocycles. The molecule has 1 aliphatic carbocycles. The molecule has 4 nitrogen and oxygen atoms in total. The van der Waals surface area contributed by atoms with Crippen molar-refractivity contribution in [2.24, 2.45) is 5.92 Å². The van der Waals surface area contributed by atoms with Gasteiger partial charge in [-0.15, -0.1) is 0 Å². The standard InChI is InChI=1S/C13H20N2O2/c1-2-17-12-6-10(14)5-11(7-12)15-8-13(16)9-3-4-9/h5-7,9,13,15-16H,2-4,8,14H2,1H3. The van der Waals surface area contributed by atoms with Gasteiger partial charge in [-0.1, -0.05) is 0 Å². The van der Waals surface area contributed by atoms with E-state index in [0.717, 1.165) is 24.3 Å². The second-order valence-corrected chi connectivity index (χ2v) is 4.51. The predicted octanol–water partition coefficient (Wildman–Crippen LogP) is 1.85. The highest BCUT2D eigenvalue weighted by atomic mass is 16.5. The van der Waals surface area contributed by atoms with Crippen LogP contribution < -0.4 is 15.8 Å². The molecule has 0 aromatic heterocycles. The van der Waals surface area contributed by atoms with E-state index in [1.807, 2.05) is 19.1 Å². The number of rotatable bonds is 6. The number of aliphatic hydroxyl groups excluding tert-OH is 1. The Balaban J connectivity index is 1.94. The van der Waals surface area contributed by atoms with Crippen LogP contribution in [0.25, 0.3) is 0 Å². The minimum Gasteiger partial charge on any atom is -0.494 e. The molecule has 0 bridgehead atoms. The second-order valence-electron chi connectivity index (χ2n) is 4.51. The molecule has 4 heteroatoms. The number of ether oxygens (including phenoxy) is 1. The van der Waals surface area contributed by atoms with Gasteiger partial charge in [0.25, 0.3) is 0 Å². The molecule has 2 rings (SSSR count). The molecular formula is C13H20N2O2. The van der Waals surface area contributed by atoms with Crippen molar-refractivity contribution in [3.05, 3.63) is 18.2 Å². The van der Waals surface area contributed by atoms with E-state index in [9.17, 15) is 5.11 Å². The summed E-state index contributed by atoms with van der Waals surface area (Å²) in [5.41, 5.74) is 7.35. The number of hydrogen-bond acceptors (Lipinski definition) is 4. The molecule has 0 aliphatic heterocycles. The Morgan fingerprint density at radius 1 is 1.47 bits per heavy atom. The first-order valence-corrected chi connectivity index (χ1v) is 6.14. The lowest BCUT2D eigenvalue weighted by Gasteiger charge is -2.13. The normalized spacial score (nSPS) is 16.6. The van der Waals surface area contributed by atoms with E-state index >= 15 is 0 Å². The van der Waals surface area contributed by atoms with Crippen LogP contribution in [0.4, 0.5) is 11.4 Å². The summed E-state index contributed by atoms with van der Waals surface area (Å²) in [6.45, 7) is 3.13. The third-order valence-corrected chi connectivity index (χ3v) is 2.92. The molecule has 0 spiro atoms. The van der Waals surface area contributed by atoms with Crippen LogP contribution in [0.15, 0.2) is 18.2 Å². The number of nitrogen functional groups attached to an aromatic ring is 1. The van der Waals surface area contributed by atoms with Gasteiger partial charge in [-0.2, -0.15) is 0 Å². The lowest BCUT2D eigenvalue weighted by molar-refractivity contribution is 0.164. The minimum absolute atomic E-state index is 0.257. The zero-order valence-electron chi connectivity index (χ0n) is 10.1. The lowest BCUT2D eigenvalue weighted by Crippen LogP contribution is -2.21. The Morgan fingerprint density at radius 3 is 2.88 bits per heavy atom. The number of aliphatic hydroxyl groups is 1. The van der Waals surface area contributed by atoms with Crippen molar-refractivity contribution in [1.82, 2.24) is 0 Å². The summed E-state index contributed by atoms with van der Waals surface area (Å²) in [5, 5.41) is 13.0. The van der Waals surface area contributed by atoms with Crippen molar-refractivity contribution in [2.45, 2.75) is 25.9 Å². The fourth-order valence-electron chi connectivity index (χ4n) is 1.84. The highest BCUT2D eigenvalue weighted by Crippen LogP contribution is 2.32. The van der Waals surface area contributed by atoms with Crippen LogP contribution in [0.5, 0.6) is 5.75 Å². The Hall–Kier alpha value is -1.42. The molecule has 1 atom stereocenters. The summed E-state index contributed by atoms with van der Waals surface area (Å²) in [7, 11) is 0. The third kappa shape index (κ3) is 3.53. The summed E-state index contributed by atoms with van der Waals surface area (Å²) in [6, 6.07) is 5.55. The first-order valence-electron chi connectivity index (χ1n) is 6.14. The zero-order chi connectivity index (χ0) is 12.3. The van der Waals surface area contributed by atoms with Crippen LogP contribution in [-0.2, 0) is 0 Å². The molecule has 1 saturated carbocycles. The molecule has 94 valence electrons. The van der Waals surface area contributed by atoms with Gasteiger partial charge in [0.15, 0.2) is 0 Å². The van der Waals surface area contributed by atoms with E-state index in [1.165, 1.54) is 0 Å². The molecule has 17 heavy (non-hydrogen) atoms. The first-order chi connectivity index (χ1) is 8.19. The van der Waals surface area contributed by atoms with E-state index in [1.54, 1.807) is 6.07 Å². The molecule has 0 radical (unpaired) electrons. The average molecular weight is 236 g/mol. The molecule has 1 fully saturated rings.